The number of hydrogen-bond donors (Lipinski definition) is 0. The third-order valence-electron chi connectivity index (χ3n) is 1.76. The average molecular weight is 445 g/mol. The van der Waals surface area contributed by atoms with Gasteiger partial charge in [0.25, 0.3) is 0 Å². The molecule has 0 spiro atoms. The molecule has 0 bridgehead atoms. The van der Waals surface area contributed by atoms with Gasteiger partial charge in [0, 0.05) is 0 Å². The van der Waals surface area contributed by atoms with Gasteiger partial charge >= 0.3 is 65.2 Å². The quantitative estimate of drug-likeness (QED) is 0.259. The maximum Gasteiger partial charge on any atom is 2.00 e. The second-order valence-electron chi connectivity index (χ2n) is 3.01. The van der Waals surface area contributed by atoms with E-state index in [1.165, 1.54) is 0 Å². The van der Waals surface area contributed by atoms with Crippen LogP contribution in [0.25, 0.3) is 0 Å². The van der Waals surface area contributed by atoms with Crippen molar-refractivity contribution in [3.05, 3.63) is 72.9 Å². The van der Waals surface area contributed by atoms with Gasteiger partial charge in [0.15, 0.2) is 0 Å². The molecule has 0 amide bonds. The van der Waals surface area contributed by atoms with Crippen LogP contribution in [0.5, 0.6) is 0 Å². The van der Waals surface area contributed by atoms with Gasteiger partial charge in [-0.05, 0) is 0 Å². The van der Waals surface area contributed by atoms with E-state index in [0.717, 1.165) is 19.3 Å². The molecule has 0 aliphatic heterocycles. The van der Waals surface area contributed by atoms with Gasteiger partial charge in [0.2, 0.25) is 0 Å². The fraction of sp³-hybridized carbons (Fsp3) is 0.200. The molecule has 0 saturated heterocycles. The molecule has 0 N–H and O–H groups in total. The first-order valence-electron chi connectivity index (χ1n) is 5.15. The standard InChI is InChI=1S/3C5H5.3ClH.3Ti/c3*1-2-4-5-3-1;;;;;;/h3*1-3H,4H2;3*1H;;;/q3*-1;;;;3*+2/p-3. The number of rotatable bonds is 0. The maximum atomic E-state index is 2.99. The molecular weight excluding hydrogens is 430 g/mol. The fourth-order valence-electron chi connectivity index (χ4n) is 1.02. The molecular formula is C15H15Cl3Ti3. The minimum Gasteiger partial charge on any atom is -1.00 e. The molecule has 3 rings (SSSR count). The monoisotopic (exact) mass is 444 g/mol. The summed E-state index contributed by atoms with van der Waals surface area (Å²) in [6.45, 7) is 0. The van der Waals surface area contributed by atoms with Crippen LogP contribution in [0.3, 0.4) is 0 Å². The molecule has 0 heterocycles. The van der Waals surface area contributed by atoms with E-state index in [9.17, 15) is 0 Å². The van der Waals surface area contributed by atoms with Gasteiger partial charge in [-0.2, -0.15) is 18.2 Å². The van der Waals surface area contributed by atoms with Crippen LogP contribution in [0.15, 0.2) is 54.7 Å². The number of halogens is 3. The Morgan fingerprint density at radius 2 is 0.714 bits per heavy atom. The van der Waals surface area contributed by atoms with Gasteiger partial charge in [-0.25, -0.2) is 36.5 Å². The van der Waals surface area contributed by atoms with Crippen LogP contribution in [0.1, 0.15) is 19.3 Å². The van der Waals surface area contributed by atoms with Crippen molar-refractivity contribution in [3.63, 3.8) is 0 Å². The predicted molar refractivity (Wildman–Crippen MR) is 64.7 cm³/mol. The smallest absolute Gasteiger partial charge is 1.00 e. The van der Waals surface area contributed by atoms with Gasteiger partial charge < -0.3 is 37.2 Å². The molecule has 0 aromatic rings. The van der Waals surface area contributed by atoms with Crippen LogP contribution in [0.2, 0.25) is 0 Å². The summed E-state index contributed by atoms with van der Waals surface area (Å²) in [5.74, 6) is 0. The van der Waals surface area contributed by atoms with Crippen LogP contribution in [0.4, 0.5) is 0 Å². The van der Waals surface area contributed by atoms with E-state index in [-0.39, 0.29) is 102 Å². The van der Waals surface area contributed by atoms with E-state index >= 15 is 0 Å². The van der Waals surface area contributed by atoms with E-state index in [1.54, 1.807) is 0 Å². The molecule has 6 heteroatoms. The zero-order valence-electron chi connectivity index (χ0n) is 11.5. The average Bonchev–Trinajstić information content (AvgIpc) is 3.09. The summed E-state index contributed by atoms with van der Waals surface area (Å²) in [5, 5.41) is 0. The summed E-state index contributed by atoms with van der Waals surface area (Å²) < 4.78 is 0. The normalized spacial score (nSPS) is 12.6. The van der Waals surface area contributed by atoms with Gasteiger partial charge in [0.05, 0.1) is 0 Å². The van der Waals surface area contributed by atoms with E-state index in [1.807, 2.05) is 36.5 Å². The van der Waals surface area contributed by atoms with E-state index in [4.69, 9.17) is 0 Å². The Balaban J connectivity index is -0.0000000352. The minimum atomic E-state index is 0. The second-order valence-corrected chi connectivity index (χ2v) is 3.01. The van der Waals surface area contributed by atoms with Crippen LogP contribution >= 0.6 is 0 Å². The number of hydrogen-bond acceptors (Lipinski definition) is 0. The summed E-state index contributed by atoms with van der Waals surface area (Å²) in [6.07, 6.45) is 30.0. The van der Waals surface area contributed by atoms with Crippen LogP contribution < -0.4 is 37.2 Å². The SMILES string of the molecule is [C-]1=CC=CC1.[C-]1=CC=CC1.[C-]1=CC=CC1.[Cl-].[Cl-].[Cl-].[Ti+2].[Ti+2].[Ti+2]. The van der Waals surface area contributed by atoms with E-state index in [2.05, 4.69) is 36.5 Å². The van der Waals surface area contributed by atoms with Crippen LogP contribution in [0, 0.1) is 18.2 Å². The van der Waals surface area contributed by atoms with Crippen molar-refractivity contribution in [1.82, 2.24) is 0 Å². The zero-order valence-corrected chi connectivity index (χ0v) is 18.4. The molecule has 0 atom stereocenters. The fourth-order valence-corrected chi connectivity index (χ4v) is 1.02. The molecule has 0 radical (unpaired) electrons. The molecule has 0 nitrogen and oxygen atoms in total. The van der Waals surface area contributed by atoms with Crippen molar-refractivity contribution in [3.8, 4) is 0 Å². The summed E-state index contributed by atoms with van der Waals surface area (Å²) in [7, 11) is 0. The third-order valence-corrected chi connectivity index (χ3v) is 1.76. The summed E-state index contributed by atoms with van der Waals surface area (Å²) in [6, 6.07) is 0. The van der Waals surface area contributed by atoms with E-state index in [0.29, 0.717) is 0 Å². The van der Waals surface area contributed by atoms with Crippen molar-refractivity contribution in [2.75, 3.05) is 0 Å². The van der Waals surface area contributed by atoms with Crippen molar-refractivity contribution in [2.24, 2.45) is 0 Å². The molecule has 21 heavy (non-hydrogen) atoms. The Bertz CT molecular complexity index is 251. The van der Waals surface area contributed by atoms with Gasteiger partial charge in [-0.15, -0.1) is 19.3 Å². The first kappa shape index (κ1) is 38.2. The molecule has 0 fully saturated rings. The van der Waals surface area contributed by atoms with E-state index < -0.39 is 0 Å². The summed E-state index contributed by atoms with van der Waals surface area (Å²) >= 11 is 0. The molecule has 0 aromatic carbocycles. The summed E-state index contributed by atoms with van der Waals surface area (Å²) in [4.78, 5) is 0. The van der Waals surface area contributed by atoms with Gasteiger partial charge in [0.1, 0.15) is 0 Å². The first-order chi connectivity index (χ1) is 7.50. The number of allylic oxidation sites excluding steroid dienone is 12. The predicted octanol–water partition coefficient (Wildman–Crippen LogP) is -5.08. The Kier molecular flexibility index (Phi) is 60.3. The second kappa shape index (κ2) is 33.2. The van der Waals surface area contributed by atoms with Gasteiger partial charge in [-0.3, -0.25) is 18.2 Å². The Labute approximate surface area is 192 Å². The Morgan fingerprint density at radius 3 is 0.762 bits per heavy atom. The van der Waals surface area contributed by atoms with Crippen LogP contribution in [-0.4, -0.2) is 0 Å². The van der Waals surface area contributed by atoms with Crippen LogP contribution in [-0.2, 0) is 65.2 Å². The molecule has 0 saturated carbocycles. The Morgan fingerprint density at radius 1 is 0.476 bits per heavy atom. The Hall–Kier alpha value is 1.45. The van der Waals surface area contributed by atoms with Crippen molar-refractivity contribution in [1.29, 1.82) is 0 Å². The summed E-state index contributed by atoms with van der Waals surface area (Å²) in [5.41, 5.74) is 0. The molecule has 0 unspecified atom stereocenters. The maximum absolute atomic E-state index is 2.99. The molecule has 3 aliphatic carbocycles. The van der Waals surface area contributed by atoms with Gasteiger partial charge in [-0.1, -0.05) is 0 Å². The molecule has 108 valence electrons. The third kappa shape index (κ3) is 30.0. The largest absolute Gasteiger partial charge is 2.00 e. The van der Waals surface area contributed by atoms with Crippen molar-refractivity contribution >= 4 is 0 Å². The first-order valence-corrected chi connectivity index (χ1v) is 5.15. The zero-order chi connectivity index (χ0) is 10.6. The van der Waals surface area contributed by atoms with Crippen molar-refractivity contribution < 1.29 is 102 Å². The molecule has 3 aliphatic rings. The minimum absolute atomic E-state index is 0. The topological polar surface area (TPSA) is 0 Å². The molecule has 0 aromatic heterocycles. The van der Waals surface area contributed by atoms with Crippen molar-refractivity contribution in [2.45, 2.75) is 19.3 Å².